The largest absolute Gasteiger partial charge is 0.326 e. The number of benzene rings is 2. The lowest BCUT2D eigenvalue weighted by Gasteiger charge is -2.12. The van der Waals surface area contributed by atoms with Crippen LogP contribution >= 0.6 is 0 Å². The topological polar surface area (TPSA) is 63.2 Å². The second kappa shape index (κ2) is 7.35. The van der Waals surface area contributed by atoms with E-state index < -0.39 is 9.84 Å². The van der Waals surface area contributed by atoms with E-state index >= 15 is 0 Å². The molecule has 1 aliphatic rings. The quantitative estimate of drug-likeness (QED) is 0.883. The van der Waals surface area contributed by atoms with E-state index in [2.05, 4.69) is 5.32 Å². The van der Waals surface area contributed by atoms with Crippen LogP contribution < -0.4 is 5.32 Å². The predicted octanol–water partition coefficient (Wildman–Crippen LogP) is 3.72. The van der Waals surface area contributed by atoms with E-state index in [9.17, 15) is 17.6 Å². The Balaban J connectivity index is 1.65. The van der Waals surface area contributed by atoms with Gasteiger partial charge in [0.15, 0.2) is 9.84 Å². The average molecular weight is 361 g/mol. The summed E-state index contributed by atoms with van der Waals surface area (Å²) in [6.45, 7) is 0. The molecule has 4 nitrogen and oxygen atoms in total. The van der Waals surface area contributed by atoms with Crippen LogP contribution in [-0.4, -0.2) is 19.6 Å². The molecule has 2 aromatic rings. The first-order valence-corrected chi connectivity index (χ1v) is 9.88. The molecule has 0 heterocycles. The van der Waals surface area contributed by atoms with Crippen LogP contribution in [0, 0.1) is 5.82 Å². The molecule has 0 atom stereocenters. The Kier molecular flexibility index (Phi) is 5.18. The van der Waals surface area contributed by atoms with Crippen LogP contribution in [0.3, 0.4) is 0 Å². The molecule has 132 valence electrons. The third-order valence-electron chi connectivity index (χ3n) is 4.46. The Hall–Kier alpha value is -2.21. The van der Waals surface area contributed by atoms with Crippen LogP contribution in [0.4, 0.5) is 10.1 Å². The summed E-state index contributed by atoms with van der Waals surface area (Å²) in [6.07, 6.45) is 3.40. The first-order valence-electron chi connectivity index (χ1n) is 8.33. The highest BCUT2D eigenvalue weighted by Crippen LogP contribution is 2.30. The van der Waals surface area contributed by atoms with E-state index in [-0.39, 0.29) is 23.4 Å². The Morgan fingerprint density at radius 2 is 1.76 bits per heavy atom. The number of nitrogens with one attached hydrogen (secondary N) is 1. The molecule has 25 heavy (non-hydrogen) atoms. The van der Waals surface area contributed by atoms with Crippen LogP contribution in [0.5, 0.6) is 0 Å². The minimum absolute atomic E-state index is 0.0554. The van der Waals surface area contributed by atoms with Crippen LogP contribution in [0.15, 0.2) is 53.4 Å². The van der Waals surface area contributed by atoms with Crippen LogP contribution in [0.25, 0.3) is 0 Å². The molecule has 0 bridgehead atoms. The Morgan fingerprint density at radius 3 is 2.40 bits per heavy atom. The second-order valence-corrected chi connectivity index (χ2v) is 8.56. The molecule has 2 aromatic carbocycles. The van der Waals surface area contributed by atoms with Gasteiger partial charge in [-0.05, 0) is 54.8 Å². The number of anilines is 1. The molecule has 1 N–H and O–H groups in total. The van der Waals surface area contributed by atoms with Crippen LogP contribution in [-0.2, 0) is 21.1 Å². The van der Waals surface area contributed by atoms with Gasteiger partial charge in [0.1, 0.15) is 5.82 Å². The maximum absolute atomic E-state index is 13.1. The van der Waals surface area contributed by atoms with Crippen molar-refractivity contribution < 1.29 is 17.6 Å². The normalized spacial score (nSPS) is 15.2. The lowest BCUT2D eigenvalue weighted by molar-refractivity contribution is -0.115. The fourth-order valence-corrected chi connectivity index (χ4v) is 5.01. The Morgan fingerprint density at radius 1 is 1.08 bits per heavy atom. The van der Waals surface area contributed by atoms with Gasteiger partial charge in [0.25, 0.3) is 0 Å². The van der Waals surface area contributed by atoms with E-state index in [4.69, 9.17) is 0 Å². The van der Waals surface area contributed by atoms with Gasteiger partial charge >= 0.3 is 0 Å². The van der Waals surface area contributed by atoms with Crippen molar-refractivity contribution in [3.05, 3.63) is 59.9 Å². The average Bonchev–Trinajstić information content (AvgIpc) is 3.10. The molecule has 1 fully saturated rings. The van der Waals surface area contributed by atoms with Gasteiger partial charge < -0.3 is 5.32 Å². The van der Waals surface area contributed by atoms with Crippen molar-refractivity contribution in [1.29, 1.82) is 0 Å². The lowest BCUT2D eigenvalue weighted by atomic mass is 10.1. The monoisotopic (exact) mass is 361 g/mol. The van der Waals surface area contributed by atoms with Gasteiger partial charge in [-0.2, -0.15) is 0 Å². The summed E-state index contributed by atoms with van der Waals surface area (Å²) in [4.78, 5) is 12.3. The van der Waals surface area contributed by atoms with Gasteiger partial charge in [-0.15, -0.1) is 0 Å². The summed E-state index contributed by atoms with van der Waals surface area (Å²) in [6, 6.07) is 12.1. The first kappa shape index (κ1) is 17.6. The van der Waals surface area contributed by atoms with Crippen LogP contribution in [0.2, 0.25) is 0 Å². The predicted molar refractivity (Wildman–Crippen MR) is 94.6 cm³/mol. The summed E-state index contributed by atoms with van der Waals surface area (Å²) in [5.41, 5.74) is 1.10. The zero-order valence-electron chi connectivity index (χ0n) is 13.7. The number of sulfone groups is 1. The molecule has 0 unspecified atom stereocenters. The number of rotatable bonds is 5. The molecule has 3 rings (SSSR count). The van der Waals surface area contributed by atoms with E-state index in [1.807, 2.05) is 0 Å². The molecular weight excluding hydrogens is 341 g/mol. The number of hydrogen-bond acceptors (Lipinski definition) is 3. The summed E-state index contributed by atoms with van der Waals surface area (Å²) < 4.78 is 38.2. The highest BCUT2D eigenvalue weighted by atomic mass is 32.2. The Bertz CT molecular complexity index is 856. The summed E-state index contributed by atoms with van der Waals surface area (Å²) in [5, 5.41) is 2.41. The number of hydrogen-bond donors (Lipinski definition) is 1. The van der Waals surface area contributed by atoms with Gasteiger partial charge in [-0.1, -0.05) is 25.0 Å². The van der Waals surface area contributed by atoms with E-state index in [1.54, 1.807) is 24.3 Å². The molecule has 0 aromatic heterocycles. The van der Waals surface area contributed by atoms with Crippen molar-refractivity contribution in [1.82, 2.24) is 0 Å². The smallest absolute Gasteiger partial charge is 0.228 e. The molecule has 1 amide bonds. The van der Waals surface area contributed by atoms with Crippen LogP contribution in [0.1, 0.15) is 31.2 Å². The zero-order valence-corrected chi connectivity index (χ0v) is 14.6. The van der Waals surface area contributed by atoms with E-state index in [0.29, 0.717) is 29.0 Å². The lowest BCUT2D eigenvalue weighted by Crippen LogP contribution is -2.18. The third-order valence-corrected chi connectivity index (χ3v) is 6.74. The molecule has 0 saturated heterocycles. The highest BCUT2D eigenvalue weighted by Gasteiger charge is 2.30. The van der Waals surface area contributed by atoms with Gasteiger partial charge in [0.2, 0.25) is 5.91 Å². The molecule has 0 radical (unpaired) electrons. The number of amides is 1. The maximum Gasteiger partial charge on any atom is 0.228 e. The minimum Gasteiger partial charge on any atom is -0.326 e. The number of carbonyl (C=O) groups excluding carboxylic acids is 1. The fourth-order valence-electron chi connectivity index (χ4n) is 3.16. The van der Waals surface area contributed by atoms with Gasteiger partial charge in [0, 0.05) is 5.69 Å². The maximum atomic E-state index is 13.1. The van der Waals surface area contributed by atoms with Gasteiger partial charge in [-0.3, -0.25) is 4.79 Å². The highest BCUT2D eigenvalue weighted by molar-refractivity contribution is 7.92. The molecule has 1 saturated carbocycles. The molecular formula is C19H20FNO3S. The standard InChI is InChI=1S/C19H20FNO3S/c20-15-5-3-4-14(12-15)13-19(22)21-16-8-10-18(11-9-16)25(23,24)17-6-1-2-7-17/h3-5,8-12,17H,1-2,6-7,13H2,(H,21,22). The van der Waals surface area contributed by atoms with E-state index in [1.165, 1.54) is 24.3 Å². The zero-order chi connectivity index (χ0) is 17.9. The minimum atomic E-state index is -3.29. The van der Waals surface area contributed by atoms with Crippen molar-refractivity contribution in [2.45, 2.75) is 42.2 Å². The SMILES string of the molecule is O=C(Cc1cccc(F)c1)Nc1ccc(S(=O)(=O)C2CCCC2)cc1. The van der Waals surface area contributed by atoms with Crippen molar-refractivity contribution >= 4 is 21.4 Å². The van der Waals surface area contributed by atoms with Crippen molar-refractivity contribution in [3.8, 4) is 0 Å². The molecule has 6 heteroatoms. The molecule has 0 aliphatic heterocycles. The van der Waals surface area contributed by atoms with Crippen molar-refractivity contribution in [2.75, 3.05) is 5.32 Å². The fraction of sp³-hybridized carbons (Fsp3) is 0.316. The number of carbonyl (C=O) groups is 1. The van der Waals surface area contributed by atoms with E-state index in [0.717, 1.165) is 12.8 Å². The second-order valence-electron chi connectivity index (χ2n) is 6.33. The Labute approximate surface area is 147 Å². The number of halogens is 1. The summed E-state index contributed by atoms with van der Waals surface area (Å²) in [7, 11) is -3.29. The third kappa shape index (κ3) is 4.25. The van der Waals surface area contributed by atoms with Gasteiger partial charge in [-0.25, -0.2) is 12.8 Å². The molecule has 0 spiro atoms. The molecule has 1 aliphatic carbocycles. The summed E-state index contributed by atoms with van der Waals surface area (Å²) in [5.74, 6) is -0.663. The first-order chi connectivity index (χ1) is 11.9. The summed E-state index contributed by atoms with van der Waals surface area (Å²) >= 11 is 0. The van der Waals surface area contributed by atoms with Crippen molar-refractivity contribution in [2.24, 2.45) is 0 Å². The van der Waals surface area contributed by atoms with Crippen molar-refractivity contribution in [3.63, 3.8) is 0 Å². The van der Waals surface area contributed by atoms with Gasteiger partial charge in [0.05, 0.1) is 16.6 Å².